The fourth-order valence-electron chi connectivity index (χ4n) is 8.38. The number of imidazole rings is 3. The number of aromatic nitrogens is 12. The van der Waals surface area contributed by atoms with Crippen LogP contribution in [0.25, 0.3) is 33.5 Å². The van der Waals surface area contributed by atoms with Crippen molar-refractivity contribution in [1.29, 1.82) is 0 Å². The summed E-state index contributed by atoms with van der Waals surface area (Å²) in [5, 5.41) is 43.2. The summed E-state index contributed by atoms with van der Waals surface area (Å²) in [5.74, 6) is -0.208. The summed E-state index contributed by atoms with van der Waals surface area (Å²) in [4.78, 5) is 96.2. The number of nitrogens with one attached hydrogen (secondary N) is 2. The second-order valence-electron chi connectivity index (χ2n) is 16.7. The number of aliphatic hydroxyl groups excluding tert-OH is 4. The molecule has 16 unspecified atom stereocenters. The van der Waals surface area contributed by atoms with Gasteiger partial charge in [-0.25, -0.2) is 47.7 Å². The third kappa shape index (κ3) is 11.0. The maximum atomic E-state index is 13.7. The van der Waals surface area contributed by atoms with E-state index in [-0.39, 0.29) is 51.1 Å². The summed E-state index contributed by atoms with van der Waals surface area (Å²) in [6, 6.07) is 0. The van der Waals surface area contributed by atoms with E-state index in [2.05, 4.69) is 48.5 Å². The van der Waals surface area contributed by atoms with Crippen molar-refractivity contribution in [1.82, 2.24) is 53.6 Å². The molecule has 9 rings (SSSR count). The Kier molecular flexibility index (Phi) is 14.9. The van der Waals surface area contributed by atoms with Crippen molar-refractivity contribution in [2.45, 2.75) is 80.5 Å². The number of nitrogens with two attached hydrogens (primary N) is 2. The van der Waals surface area contributed by atoms with Crippen molar-refractivity contribution in [2.75, 3.05) is 38.4 Å². The van der Waals surface area contributed by atoms with Gasteiger partial charge in [0.1, 0.15) is 72.6 Å². The van der Waals surface area contributed by atoms with Gasteiger partial charge < -0.3 is 75.4 Å². The number of rotatable bonds is 19. The average Bonchev–Trinajstić information content (AvgIpc) is 4.17. The Hall–Kier alpha value is -4.95. The number of methoxy groups -OCH3 is 1. The minimum Gasteiger partial charge on any atom is -0.387 e. The number of phosphoric acid groups is 4. The lowest BCUT2D eigenvalue weighted by atomic mass is 10.1. The normalized spacial score (nSPS) is 30.5. The molecule has 75 heavy (non-hydrogen) atoms. The minimum atomic E-state index is -6.20. The molecule has 0 aliphatic carbocycles. The van der Waals surface area contributed by atoms with Gasteiger partial charge in [0, 0.05) is 7.11 Å². The zero-order chi connectivity index (χ0) is 54.3. The van der Waals surface area contributed by atoms with Crippen molar-refractivity contribution in [3.05, 3.63) is 51.8 Å². The molecule has 3 saturated heterocycles. The molecule has 0 bridgehead atoms. The molecule has 0 amide bonds. The van der Waals surface area contributed by atoms with Crippen LogP contribution in [0.3, 0.4) is 0 Å². The SMILES string of the molecule is COC1C(OP(=O)(O)OCC2OC(n3cnc4c(=O)[nH]c(C)nc43)C(O)C2O)C(COP(=O)(O)OP(=O)(O)OP(=O)(O)OCC2OC([n+]3cn(C)c4c(=O)[nH]c(N)nc43)C(O)C2O)OC1n1cnc2c(N)ncnc21. The number of ether oxygens (including phenoxy) is 4. The van der Waals surface area contributed by atoms with Crippen LogP contribution < -0.4 is 27.2 Å². The Morgan fingerprint density at radius 1 is 0.693 bits per heavy atom. The van der Waals surface area contributed by atoms with Crippen molar-refractivity contribution in [2.24, 2.45) is 7.05 Å². The van der Waals surface area contributed by atoms with Crippen molar-refractivity contribution in [3.63, 3.8) is 0 Å². The fourth-order valence-corrected chi connectivity index (χ4v) is 12.9. The lowest BCUT2D eigenvalue weighted by Gasteiger charge is -2.26. The number of aromatic amines is 2. The Bertz CT molecular complexity index is 3470. The number of fused-ring (bicyclic) bond motifs is 3. The van der Waals surface area contributed by atoms with Gasteiger partial charge in [-0.2, -0.15) is 8.62 Å². The first-order valence-electron chi connectivity index (χ1n) is 21.4. The van der Waals surface area contributed by atoms with Gasteiger partial charge in [-0.05, 0) is 6.92 Å². The monoisotopic (exact) mass is 1150 g/mol. The van der Waals surface area contributed by atoms with Gasteiger partial charge in [-0.3, -0.25) is 46.4 Å². The molecule has 3 aliphatic rings. The molecular formula is C33H45N14O24P4+. The Morgan fingerprint density at radius 2 is 1.28 bits per heavy atom. The summed E-state index contributed by atoms with van der Waals surface area (Å²) in [6.45, 7) is -1.88. The van der Waals surface area contributed by atoms with Crippen LogP contribution in [0.15, 0.2) is 34.9 Å². The van der Waals surface area contributed by atoms with Gasteiger partial charge in [0.15, 0.2) is 41.4 Å². The highest BCUT2D eigenvalue weighted by atomic mass is 31.3. The van der Waals surface area contributed by atoms with Crippen LogP contribution in [0.2, 0.25) is 0 Å². The highest BCUT2D eigenvalue weighted by molar-refractivity contribution is 7.66. The molecule has 0 saturated carbocycles. The number of aryl methyl sites for hydroxylation is 2. The van der Waals surface area contributed by atoms with Crippen LogP contribution in [0, 0.1) is 6.92 Å². The molecule has 6 aromatic heterocycles. The first-order valence-corrected chi connectivity index (χ1v) is 27.3. The van der Waals surface area contributed by atoms with E-state index in [9.17, 15) is 67.8 Å². The molecule has 0 aromatic carbocycles. The standard InChI is InChI=1S/C33H44N14O24P4/c1-11-40-26-16(28(52)41-11)39-9-46(26)30-20(50)18(48)12(66-30)4-63-72(54,55)69-22-14(68-32(23(22)62-3)45-8-38-15-24(34)36-7-37-25(15)45)6-65-74(58,59)71-75(60,61)70-73(56,57)64-5-13-19(49)21(51)31(67-13)47-10-44(2)17-27(47)42-33(35)43-29(17)53/h7-10,12-14,18-23,30-32,48-51H,4-6H2,1-3H3,(H9-,34,35,36,37,40,41,42,43,52,53,54,55,56,57,58,59,60,61)/p+1. The number of hydrogen-bond acceptors (Lipinski definition) is 28. The molecule has 410 valence electrons. The van der Waals surface area contributed by atoms with Crippen LogP contribution in [0.1, 0.15) is 24.5 Å². The zero-order valence-corrected chi connectivity index (χ0v) is 42.0. The van der Waals surface area contributed by atoms with E-state index in [1.807, 2.05) is 0 Å². The molecule has 6 aromatic rings. The first-order chi connectivity index (χ1) is 35.2. The molecule has 38 nitrogen and oxygen atoms in total. The number of nitrogen functional groups attached to an aromatic ring is 2. The van der Waals surface area contributed by atoms with Crippen molar-refractivity contribution in [3.8, 4) is 0 Å². The number of H-pyrrole nitrogens is 2. The van der Waals surface area contributed by atoms with Crippen molar-refractivity contribution >= 4 is 76.5 Å². The number of phosphoric ester groups is 3. The molecule has 3 aliphatic heterocycles. The summed E-state index contributed by atoms with van der Waals surface area (Å²) in [5.41, 5.74) is 10.1. The van der Waals surface area contributed by atoms with Crippen LogP contribution in [-0.2, 0) is 71.0 Å². The Morgan fingerprint density at radius 3 is 1.95 bits per heavy atom. The summed E-state index contributed by atoms with van der Waals surface area (Å²) in [7, 11) is -20.9. The highest BCUT2D eigenvalue weighted by Gasteiger charge is 2.54. The molecular weight excluding hydrogens is 1100 g/mol. The number of aliphatic hydroxyl groups is 4. The topological polar surface area (TPSA) is 536 Å². The van der Waals surface area contributed by atoms with Crippen LogP contribution >= 0.6 is 31.3 Å². The third-order valence-electron chi connectivity index (χ3n) is 11.7. The summed E-state index contributed by atoms with van der Waals surface area (Å²) < 4.78 is 109. The zero-order valence-electron chi connectivity index (χ0n) is 38.4. The van der Waals surface area contributed by atoms with Gasteiger partial charge in [0.2, 0.25) is 11.7 Å². The predicted octanol–water partition coefficient (Wildman–Crippen LogP) is -3.98. The smallest absolute Gasteiger partial charge is 0.387 e. The third-order valence-corrected chi connectivity index (χ3v) is 16.9. The van der Waals surface area contributed by atoms with Gasteiger partial charge >= 0.3 is 36.9 Å². The maximum Gasteiger partial charge on any atom is 0.490 e. The van der Waals surface area contributed by atoms with Gasteiger partial charge in [-0.1, -0.05) is 4.98 Å². The second-order valence-corrected chi connectivity index (χ2v) is 22.7. The quantitative estimate of drug-likeness (QED) is 0.0272. The molecule has 14 N–H and O–H groups in total. The van der Waals surface area contributed by atoms with E-state index in [0.29, 0.717) is 0 Å². The van der Waals surface area contributed by atoms with E-state index in [1.54, 1.807) is 0 Å². The Balaban J connectivity index is 0.862. The van der Waals surface area contributed by atoms with Crippen molar-refractivity contribution < 1.29 is 108 Å². The van der Waals surface area contributed by atoms with E-state index < -0.39 is 136 Å². The number of hydrogen-bond donors (Lipinski definition) is 12. The maximum absolute atomic E-state index is 13.7. The van der Waals surface area contributed by atoms with Crippen LogP contribution in [-0.4, -0.2) is 175 Å². The van der Waals surface area contributed by atoms with E-state index in [1.165, 1.54) is 29.4 Å². The minimum absolute atomic E-state index is 0.0130. The molecule has 0 spiro atoms. The second kappa shape index (κ2) is 20.4. The van der Waals surface area contributed by atoms with Crippen LogP contribution in [0.5, 0.6) is 0 Å². The van der Waals surface area contributed by atoms with E-state index in [4.69, 9.17) is 48.5 Å². The molecule has 42 heteroatoms. The van der Waals surface area contributed by atoms with Gasteiger partial charge in [-0.15, -0.1) is 0 Å². The summed E-state index contributed by atoms with van der Waals surface area (Å²) >= 11 is 0. The lowest BCUT2D eigenvalue weighted by Crippen LogP contribution is -2.46. The average molecular weight is 1150 g/mol. The fraction of sp³-hybridized carbons (Fsp3) is 0.545. The molecule has 9 heterocycles. The molecule has 3 fully saturated rings. The largest absolute Gasteiger partial charge is 0.490 e. The highest BCUT2D eigenvalue weighted by Crippen LogP contribution is 2.68. The number of nitrogens with zero attached hydrogens (tertiary/aromatic N) is 10. The van der Waals surface area contributed by atoms with Gasteiger partial charge in [0.25, 0.3) is 17.1 Å². The van der Waals surface area contributed by atoms with E-state index in [0.717, 1.165) is 35.2 Å². The van der Waals surface area contributed by atoms with Crippen LogP contribution in [0.4, 0.5) is 11.8 Å². The predicted molar refractivity (Wildman–Crippen MR) is 239 cm³/mol. The molecule has 0 radical (unpaired) electrons. The lowest BCUT2D eigenvalue weighted by molar-refractivity contribution is -0.745. The number of anilines is 2. The molecule has 16 atom stereocenters. The van der Waals surface area contributed by atoms with E-state index >= 15 is 0 Å². The summed E-state index contributed by atoms with van der Waals surface area (Å²) in [6.07, 6.45) is -15.5. The first kappa shape index (κ1) is 54.8. The Labute approximate surface area is 415 Å². The van der Waals surface area contributed by atoms with Gasteiger partial charge in [0.05, 0.1) is 39.5 Å².